The van der Waals surface area contributed by atoms with Crippen LogP contribution in [0.25, 0.3) is 6.08 Å². The standard InChI is InChI=1S/C28H25BrN2O8S2/c1-17(2)22-10-4-18(3)14-25(22)38-13-12-30-27(32)26(40-28(30)33)16-19-5-11-24(23(29)15-19)39-41(36,37)21-8-6-20(7-9-21)31(34)35/h4-11,14-17H,12-13H2,1-3H3/b26-16-. The topological polar surface area (TPSA) is 133 Å². The Labute approximate surface area is 249 Å². The van der Waals surface area contributed by atoms with Gasteiger partial charge in [-0.25, -0.2) is 0 Å². The number of imide groups is 1. The monoisotopic (exact) mass is 660 g/mol. The third-order valence-electron chi connectivity index (χ3n) is 6.03. The predicted molar refractivity (Wildman–Crippen MR) is 158 cm³/mol. The smallest absolute Gasteiger partial charge is 0.339 e. The zero-order valence-corrected chi connectivity index (χ0v) is 25.4. The quantitative estimate of drug-likeness (QED) is 0.101. The van der Waals surface area contributed by atoms with Crippen molar-refractivity contribution in [2.24, 2.45) is 0 Å². The molecule has 0 spiro atoms. The fourth-order valence-electron chi connectivity index (χ4n) is 3.91. The first-order valence-electron chi connectivity index (χ1n) is 12.3. The highest BCUT2D eigenvalue weighted by atomic mass is 79.9. The van der Waals surface area contributed by atoms with Crippen LogP contribution in [0.15, 0.2) is 74.9 Å². The molecule has 0 aliphatic carbocycles. The van der Waals surface area contributed by atoms with Crippen LogP contribution in [0.3, 0.4) is 0 Å². The zero-order chi connectivity index (χ0) is 29.9. The molecule has 1 saturated heterocycles. The van der Waals surface area contributed by atoms with Crippen molar-refractivity contribution >= 4 is 60.7 Å². The largest absolute Gasteiger partial charge is 0.491 e. The molecule has 4 rings (SSSR count). The van der Waals surface area contributed by atoms with Crippen LogP contribution in [0, 0.1) is 17.0 Å². The van der Waals surface area contributed by atoms with Crippen molar-refractivity contribution in [1.82, 2.24) is 4.90 Å². The Morgan fingerprint density at radius 2 is 1.76 bits per heavy atom. The maximum Gasteiger partial charge on any atom is 0.339 e. The lowest BCUT2D eigenvalue weighted by molar-refractivity contribution is -0.384. The van der Waals surface area contributed by atoms with Crippen LogP contribution in [0.4, 0.5) is 10.5 Å². The highest BCUT2D eigenvalue weighted by Gasteiger charge is 2.35. The van der Waals surface area contributed by atoms with E-state index in [0.29, 0.717) is 5.56 Å². The number of amides is 2. The lowest BCUT2D eigenvalue weighted by Crippen LogP contribution is -2.32. The van der Waals surface area contributed by atoms with Crippen molar-refractivity contribution in [2.45, 2.75) is 31.6 Å². The van der Waals surface area contributed by atoms with Gasteiger partial charge in [0.2, 0.25) is 0 Å². The zero-order valence-electron chi connectivity index (χ0n) is 22.2. The molecule has 0 bridgehead atoms. The molecule has 10 nitrogen and oxygen atoms in total. The number of carbonyl (C=O) groups excluding carboxylic acids is 2. The van der Waals surface area contributed by atoms with E-state index in [1.54, 1.807) is 6.07 Å². The highest BCUT2D eigenvalue weighted by Crippen LogP contribution is 2.35. The minimum absolute atomic E-state index is 0.0253. The first-order valence-corrected chi connectivity index (χ1v) is 15.3. The Morgan fingerprint density at radius 3 is 2.39 bits per heavy atom. The van der Waals surface area contributed by atoms with Gasteiger partial charge in [-0.05, 0) is 93.6 Å². The van der Waals surface area contributed by atoms with Gasteiger partial charge in [0.15, 0.2) is 5.75 Å². The van der Waals surface area contributed by atoms with E-state index in [2.05, 4.69) is 29.8 Å². The molecule has 0 saturated carbocycles. The van der Waals surface area contributed by atoms with Crippen LogP contribution >= 0.6 is 27.7 Å². The van der Waals surface area contributed by atoms with Gasteiger partial charge in [0.05, 0.1) is 20.8 Å². The summed E-state index contributed by atoms with van der Waals surface area (Å²) in [4.78, 5) is 36.8. The van der Waals surface area contributed by atoms with Gasteiger partial charge in [-0.15, -0.1) is 0 Å². The Balaban J connectivity index is 1.42. The molecular formula is C28H25BrN2O8S2. The average Bonchev–Trinajstić information content (AvgIpc) is 3.17. The molecule has 3 aromatic carbocycles. The maximum absolute atomic E-state index is 13.0. The van der Waals surface area contributed by atoms with E-state index in [-0.39, 0.29) is 44.8 Å². The fourth-order valence-corrected chi connectivity index (χ4v) is 6.31. The van der Waals surface area contributed by atoms with Crippen LogP contribution in [-0.2, 0) is 14.9 Å². The van der Waals surface area contributed by atoms with Gasteiger partial charge in [0.1, 0.15) is 17.3 Å². The first kappa shape index (κ1) is 30.3. The van der Waals surface area contributed by atoms with Gasteiger partial charge < -0.3 is 8.92 Å². The summed E-state index contributed by atoms with van der Waals surface area (Å²) in [6.45, 7) is 6.33. The van der Waals surface area contributed by atoms with Crippen molar-refractivity contribution in [1.29, 1.82) is 0 Å². The van der Waals surface area contributed by atoms with Crippen LogP contribution in [-0.4, -0.2) is 42.5 Å². The SMILES string of the molecule is Cc1ccc(C(C)C)c(OCCN2C(=O)S/C(=C\c3ccc(OS(=O)(=O)c4ccc([N+](=O)[O-])cc4)c(Br)c3)C2=O)c1. The lowest BCUT2D eigenvalue weighted by Gasteiger charge is -2.17. The molecule has 13 heteroatoms. The number of rotatable bonds is 10. The summed E-state index contributed by atoms with van der Waals surface area (Å²) in [5.74, 6) is 0.506. The van der Waals surface area contributed by atoms with Crippen LogP contribution in [0.2, 0.25) is 0 Å². The Bertz CT molecular complexity index is 1650. The highest BCUT2D eigenvalue weighted by molar-refractivity contribution is 9.10. The minimum atomic E-state index is -4.27. The molecule has 214 valence electrons. The first-order chi connectivity index (χ1) is 19.4. The summed E-state index contributed by atoms with van der Waals surface area (Å²) in [5.41, 5.74) is 2.37. The number of non-ortho nitro benzene ring substituents is 1. The normalized spacial score (nSPS) is 14.7. The second kappa shape index (κ2) is 12.5. The molecule has 3 aromatic rings. The molecule has 2 amide bonds. The van der Waals surface area contributed by atoms with Crippen molar-refractivity contribution in [2.75, 3.05) is 13.2 Å². The number of carbonyl (C=O) groups is 2. The number of halogens is 1. The Hall–Kier alpha value is -3.68. The third-order valence-corrected chi connectivity index (χ3v) is 8.80. The molecule has 0 radical (unpaired) electrons. The number of benzene rings is 3. The number of ether oxygens (including phenoxy) is 1. The molecule has 1 aliphatic heterocycles. The summed E-state index contributed by atoms with van der Waals surface area (Å²) < 4.78 is 36.7. The van der Waals surface area contributed by atoms with Crippen LogP contribution in [0.5, 0.6) is 11.5 Å². The molecule has 1 fully saturated rings. The number of hydrogen-bond acceptors (Lipinski definition) is 9. The molecule has 0 N–H and O–H groups in total. The van der Waals surface area contributed by atoms with Gasteiger partial charge in [-0.3, -0.25) is 24.6 Å². The van der Waals surface area contributed by atoms with Gasteiger partial charge in [-0.2, -0.15) is 8.42 Å². The van der Waals surface area contributed by atoms with Gasteiger partial charge in [0.25, 0.3) is 16.8 Å². The summed E-state index contributed by atoms with van der Waals surface area (Å²) in [6.07, 6.45) is 1.53. The van der Waals surface area contributed by atoms with E-state index in [0.717, 1.165) is 57.8 Å². The second-order valence-corrected chi connectivity index (χ2v) is 12.7. The number of hydrogen-bond donors (Lipinski definition) is 0. The van der Waals surface area contributed by atoms with Crippen molar-refractivity contribution < 1.29 is 31.9 Å². The molecule has 0 atom stereocenters. The van der Waals surface area contributed by atoms with E-state index in [1.807, 2.05) is 25.1 Å². The van der Waals surface area contributed by atoms with E-state index >= 15 is 0 Å². The molecule has 0 unspecified atom stereocenters. The lowest BCUT2D eigenvalue weighted by atomic mass is 10.0. The van der Waals surface area contributed by atoms with E-state index in [1.165, 1.54) is 18.2 Å². The van der Waals surface area contributed by atoms with Crippen LogP contribution < -0.4 is 8.92 Å². The number of nitro groups is 1. The van der Waals surface area contributed by atoms with Crippen molar-refractivity contribution in [3.63, 3.8) is 0 Å². The number of nitro benzene ring substituents is 1. The predicted octanol–water partition coefficient (Wildman–Crippen LogP) is 6.67. The van der Waals surface area contributed by atoms with Gasteiger partial charge >= 0.3 is 10.1 Å². The fraction of sp³-hybridized carbons (Fsp3) is 0.214. The summed E-state index contributed by atoms with van der Waals surface area (Å²) in [7, 11) is -4.27. The summed E-state index contributed by atoms with van der Waals surface area (Å²) in [6, 6.07) is 14.7. The Morgan fingerprint density at radius 1 is 1.05 bits per heavy atom. The summed E-state index contributed by atoms with van der Waals surface area (Å²) >= 11 is 4.08. The van der Waals surface area contributed by atoms with Crippen LogP contribution in [0.1, 0.15) is 36.5 Å². The molecule has 41 heavy (non-hydrogen) atoms. The second-order valence-electron chi connectivity index (χ2n) is 9.36. The molecule has 1 aliphatic rings. The van der Waals surface area contributed by atoms with E-state index in [9.17, 15) is 28.1 Å². The minimum Gasteiger partial charge on any atom is -0.491 e. The summed E-state index contributed by atoms with van der Waals surface area (Å²) in [5, 5.41) is 10.4. The van der Waals surface area contributed by atoms with E-state index < -0.39 is 26.2 Å². The van der Waals surface area contributed by atoms with Gasteiger partial charge in [-0.1, -0.05) is 32.0 Å². The average molecular weight is 662 g/mol. The molecular weight excluding hydrogens is 636 g/mol. The number of thioether (sulfide) groups is 1. The molecule has 1 heterocycles. The molecule has 0 aromatic heterocycles. The van der Waals surface area contributed by atoms with E-state index in [4.69, 9.17) is 8.92 Å². The Kier molecular flexibility index (Phi) is 9.20. The number of aryl methyl sites for hydroxylation is 1. The van der Waals surface area contributed by atoms with Crippen molar-refractivity contribution in [3.05, 3.63) is 96.8 Å². The maximum atomic E-state index is 13.0. The number of nitrogens with zero attached hydrogens (tertiary/aromatic N) is 2. The third kappa shape index (κ3) is 7.16. The van der Waals surface area contributed by atoms with Gasteiger partial charge in [0, 0.05) is 12.1 Å². The van der Waals surface area contributed by atoms with Crippen molar-refractivity contribution in [3.8, 4) is 11.5 Å².